The van der Waals surface area contributed by atoms with Crippen LogP contribution in [0.5, 0.6) is 0 Å². The lowest BCUT2D eigenvalue weighted by atomic mass is 9.91. The monoisotopic (exact) mass is 398 g/mol. The summed E-state index contributed by atoms with van der Waals surface area (Å²) in [5.74, 6) is -3.08. The van der Waals surface area contributed by atoms with Crippen LogP contribution < -0.4 is 0 Å². The summed E-state index contributed by atoms with van der Waals surface area (Å²) in [6.45, 7) is 2.61. The molecule has 1 saturated heterocycles. The second kappa shape index (κ2) is 16.2. The van der Waals surface area contributed by atoms with Crippen LogP contribution in [0.3, 0.4) is 0 Å². The van der Waals surface area contributed by atoms with Crippen molar-refractivity contribution in [2.45, 2.75) is 135 Å². The van der Waals surface area contributed by atoms with Crippen LogP contribution in [0.25, 0.3) is 0 Å². The molecule has 0 spiro atoms. The first-order chi connectivity index (χ1) is 13.6. The van der Waals surface area contributed by atoms with Crippen LogP contribution in [0.4, 0.5) is 0 Å². The third-order valence-corrected chi connectivity index (χ3v) is 6.07. The highest BCUT2D eigenvalue weighted by molar-refractivity contribution is 5.77. The topological polar surface area (TPSA) is 66.8 Å². The Bertz CT molecular complexity index is 381. The van der Waals surface area contributed by atoms with Gasteiger partial charge in [0.25, 0.3) is 5.79 Å². The molecule has 0 aliphatic carbocycles. The third-order valence-electron chi connectivity index (χ3n) is 6.07. The molecule has 4 heteroatoms. The third kappa shape index (κ3) is 12.8. The molecule has 0 saturated carbocycles. The van der Waals surface area contributed by atoms with Gasteiger partial charge in [-0.05, 0) is 12.3 Å². The summed E-state index contributed by atoms with van der Waals surface area (Å²) in [7, 11) is 0. The summed E-state index contributed by atoms with van der Waals surface area (Å²) in [5.41, 5.74) is 0. The Morgan fingerprint density at radius 1 is 0.750 bits per heavy atom. The largest absolute Gasteiger partial charge is 0.461 e. The van der Waals surface area contributed by atoms with Crippen LogP contribution in [0, 0.1) is 5.92 Å². The number of carbonyl (C=O) groups excluding carboxylic acids is 1. The van der Waals surface area contributed by atoms with Crippen molar-refractivity contribution in [1.82, 2.24) is 0 Å². The fourth-order valence-electron chi connectivity index (χ4n) is 4.20. The Labute approximate surface area is 173 Å². The molecular weight excluding hydrogens is 352 g/mol. The molecule has 1 atom stereocenters. The molecule has 4 nitrogen and oxygen atoms in total. The first-order valence-electron chi connectivity index (χ1n) is 12.2. The van der Waals surface area contributed by atoms with E-state index in [0.717, 1.165) is 12.8 Å². The Morgan fingerprint density at radius 2 is 1.14 bits per heavy atom. The smallest absolute Gasteiger partial charge is 0.366 e. The molecule has 1 rings (SSSR count). The van der Waals surface area contributed by atoms with Gasteiger partial charge in [0.05, 0.1) is 6.61 Å². The molecule has 0 amide bonds. The average molecular weight is 399 g/mol. The predicted octanol–water partition coefficient (Wildman–Crippen LogP) is 6.27. The first-order valence-corrected chi connectivity index (χ1v) is 12.2. The molecule has 28 heavy (non-hydrogen) atoms. The van der Waals surface area contributed by atoms with Gasteiger partial charge in [-0.3, -0.25) is 0 Å². The van der Waals surface area contributed by atoms with Gasteiger partial charge in [0, 0.05) is 6.42 Å². The molecule has 0 aromatic carbocycles. The van der Waals surface area contributed by atoms with E-state index in [2.05, 4.69) is 6.92 Å². The summed E-state index contributed by atoms with van der Waals surface area (Å²) in [6, 6.07) is 0. The summed E-state index contributed by atoms with van der Waals surface area (Å²) >= 11 is 0. The number of esters is 1. The average Bonchev–Trinajstić information content (AvgIpc) is 2.67. The van der Waals surface area contributed by atoms with Crippen LogP contribution in [0.1, 0.15) is 129 Å². The van der Waals surface area contributed by atoms with E-state index in [1.807, 2.05) is 0 Å². The van der Waals surface area contributed by atoms with E-state index in [0.29, 0.717) is 6.61 Å². The molecule has 0 aromatic rings. The van der Waals surface area contributed by atoms with E-state index in [4.69, 9.17) is 4.74 Å². The van der Waals surface area contributed by atoms with Crippen LogP contribution in [0.2, 0.25) is 0 Å². The zero-order valence-electron chi connectivity index (χ0n) is 18.4. The number of aliphatic hydroxyl groups is 2. The van der Waals surface area contributed by atoms with Gasteiger partial charge in [-0.15, -0.1) is 0 Å². The Hall–Kier alpha value is -0.610. The maximum absolute atomic E-state index is 11.2. The highest BCUT2D eigenvalue weighted by Gasteiger charge is 2.41. The number of cyclic esters (lactones) is 1. The van der Waals surface area contributed by atoms with Crippen molar-refractivity contribution in [3.8, 4) is 0 Å². The van der Waals surface area contributed by atoms with E-state index in [-0.39, 0.29) is 12.3 Å². The van der Waals surface area contributed by atoms with Crippen molar-refractivity contribution in [3.63, 3.8) is 0 Å². The quantitative estimate of drug-likeness (QED) is 0.162. The summed E-state index contributed by atoms with van der Waals surface area (Å²) in [4.78, 5) is 11.2. The van der Waals surface area contributed by atoms with Crippen molar-refractivity contribution in [2.75, 3.05) is 6.61 Å². The van der Waals surface area contributed by atoms with E-state index in [1.165, 1.54) is 103 Å². The lowest BCUT2D eigenvalue weighted by Crippen LogP contribution is -2.47. The number of unbranched alkanes of at least 4 members (excludes halogenated alkanes) is 16. The van der Waals surface area contributed by atoms with Gasteiger partial charge < -0.3 is 14.9 Å². The zero-order valence-corrected chi connectivity index (χ0v) is 18.4. The normalized spacial score (nSPS) is 19.0. The fourth-order valence-corrected chi connectivity index (χ4v) is 4.20. The van der Waals surface area contributed by atoms with Crippen LogP contribution in [-0.4, -0.2) is 28.6 Å². The maximum Gasteiger partial charge on any atom is 0.366 e. The van der Waals surface area contributed by atoms with Gasteiger partial charge in [0.2, 0.25) is 0 Å². The van der Waals surface area contributed by atoms with E-state index in [1.54, 1.807) is 0 Å². The van der Waals surface area contributed by atoms with Gasteiger partial charge in [-0.2, -0.15) is 0 Å². The van der Waals surface area contributed by atoms with Crippen molar-refractivity contribution < 1.29 is 19.7 Å². The van der Waals surface area contributed by atoms with Gasteiger partial charge in [0.1, 0.15) is 0 Å². The first kappa shape index (κ1) is 25.4. The van der Waals surface area contributed by atoms with E-state index < -0.39 is 11.8 Å². The second-order valence-electron chi connectivity index (χ2n) is 8.93. The molecule has 1 aliphatic heterocycles. The molecule has 0 aromatic heterocycles. The van der Waals surface area contributed by atoms with Crippen molar-refractivity contribution >= 4 is 5.97 Å². The van der Waals surface area contributed by atoms with Crippen LogP contribution >= 0.6 is 0 Å². The summed E-state index contributed by atoms with van der Waals surface area (Å²) in [5, 5.41) is 19.1. The van der Waals surface area contributed by atoms with E-state index in [9.17, 15) is 15.0 Å². The molecule has 1 aliphatic rings. The standard InChI is InChI=1S/C24H46O4/c1-2-3-4-5-6-7-8-9-10-11-12-13-14-15-16-17-18-19-22-20-24(26,27)23(25)28-21-22/h22,26-27H,2-21H2,1H3. The van der Waals surface area contributed by atoms with Crippen molar-refractivity contribution in [1.29, 1.82) is 0 Å². The van der Waals surface area contributed by atoms with Gasteiger partial charge in [0.15, 0.2) is 0 Å². The minimum absolute atomic E-state index is 0.0871. The Balaban J connectivity index is 1.76. The zero-order chi connectivity index (χ0) is 20.5. The van der Waals surface area contributed by atoms with Gasteiger partial charge in [-0.1, -0.05) is 116 Å². The van der Waals surface area contributed by atoms with Crippen LogP contribution in [-0.2, 0) is 9.53 Å². The number of carbonyl (C=O) groups is 1. The molecule has 1 unspecified atom stereocenters. The van der Waals surface area contributed by atoms with Crippen LogP contribution in [0.15, 0.2) is 0 Å². The maximum atomic E-state index is 11.2. The summed E-state index contributed by atoms with van der Waals surface area (Å²) < 4.78 is 4.85. The lowest BCUT2D eigenvalue weighted by Gasteiger charge is -2.30. The number of hydrogen-bond acceptors (Lipinski definition) is 4. The number of ether oxygens (including phenoxy) is 1. The Kier molecular flexibility index (Phi) is 14.7. The minimum Gasteiger partial charge on any atom is -0.461 e. The fraction of sp³-hybridized carbons (Fsp3) is 0.958. The van der Waals surface area contributed by atoms with Gasteiger partial charge >= 0.3 is 5.97 Å². The SMILES string of the molecule is CCCCCCCCCCCCCCCCCCCC1COC(=O)C(O)(O)C1. The molecule has 0 bridgehead atoms. The number of hydrogen-bond donors (Lipinski definition) is 2. The number of rotatable bonds is 18. The molecular formula is C24H46O4. The highest BCUT2D eigenvalue weighted by Crippen LogP contribution is 2.26. The lowest BCUT2D eigenvalue weighted by molar-refractivity contribution is -0.230. The van der Waals surface area contributed by atoms with Crippen molar-refractivity contribution in [2.24, 2.45) is 5.92 Å². The molecule has 1 heterocycles. The molecule has 1 fully saturated rings. The molecule has 2 N–H and O–H groups in total. The predicted molar refractivity (Wildman–Crippen MR) is 115 cm³/mol. The Morgan fingerprint density at radius 3 is 1.54 bits per heavy atom. The minimum atomic E-state index is -2.27. The highest BCUT2D eigenvalue weighted by atomic mass is 16.6. The van der Waals surface area contributed by atoms with E-state index >= 15 is 0 Å². The van der Waals surface area contributed by atoms with Crippen molar-refractivity contribution in [3.05, 3.63) is 0 Å². The molecule has 0 radical (unpaired) electrons. The molecule has 166 valence electrons. The second-order valence-corrected chi connectivity index (χ2v) is 8.93. The van der Waals surface area contributed by atoms with Gasteiger partial charge in [-0.25, -0.2) is 4.79 Å². The summed E-state index contributed by atoms with van der Waals surface area (Å²) in [6.07, 6.45) is 24.1.